The van der Waals surface area contributed by atoms with Gasteiger partial charge in [-0.2, -0.15) is 0 Å². The van der Waals surface area contributed by atoms with Gasteiger partial charge in [0, 0.05) is 22.1 Å². The van der Waals surface area contributed by atoms with E-state index >= 15 is 0 Å². The van der Waals surface area contributed by atoms with Crippen LogP contribution in [0.15, 0.2) is 46.9 Å². The number of ether oxygens (including phenoxy) is 1. The van der Waals surface area contributed by atoms with Crippen LogP contribution in [-0.4, -0.2) is 18.8 Å². The molecule has 0 saturated heterocycles. The summed E-state index contributed by atoms with van der Waals surface area (Å²) in [5.74, 6) is 1.18. The second-order valence-corrected chi connectivity index (χ2v) is 5.11. The van der Waals surface area contributed by atoms with Crippen LogP contribution in [0.1, 0.15) is 11.1 Å². The molecule has 6 nitrogen and oxygen atoms in total. The van der Waals surface area contributed by atoms with Gasteiger partial charge in [-0.25, -0.2) is 0 Å². The molecule has 3 aromatic rings. The minimum Gasteiger partial charge on any atom is -0.493 e. The van der Waals surface area contributed by atoms with Crippen molar-refractivity contribution in [2.75, 3.05) is 7.11 Å². The van der Waals surface area contributed by atoms with E-state index in [0.29, 0.717) is 28.2 Å². The lowest BCUT2D eigenvalue weighted by Gasteiger charge is -2.04. The number of fused-ring (bicyclic) bond motifs is 1. The van der Waals surface area contributed by atoms with Crippen LogP contribution in [0.25, 0.3) is 22.3 Å². The second-order valence-electron chi connectivity index (χ2n) is 5.11. The zero-order valence-corrected chi connectivity index (χ0v) is 15.0. The van der Waals surface area contributed by atoms with Crippen molar-refractivity contribution in [2.24, 2.45) is 11.5 Å². The number of hydrogen-bond donors (Lipinski definition) is 4. The standard InChI is InChI=1S/C17H16N4O2.2ClH/c1-22-14-8-12(17(20)21)6-11-7-13(23-15(11)14)9-2-4-10(5-3-9)16(18)19;;/h2-8H,1H3,(H3,18,19)(H3,20,21);2*1H. The molecule has 0 unspecified atom stereocenters. The molecule has 132 valence electrons. The molecule has 0 spiro atoms. The van der Waals surface area contributed by atoms with Crippen molar-refractivity contribution in [2.45, 2.75) is 0 Å². The number of halogens is 2. The first kappa shape index (κ1) is 20.3. The van der Waals surface area contributed by atoms with Gasteiger partial charge < -0.3 is 20.6 Å². The molecule has 1 heterocycles. The smallest absolute Gasteiger partial charge is 0.176 e. The first-order valence-electron chi connectivity index (χ1n) is 6.90. The van der Waals surface area contributed by atoms with Crippen LogP contribution in [0, 0.1) is 10.8 Å². The van der Waals surface area contributed by atoms with Crippen LogP contribution in [-0.2, 0) is 0 Å². The van der Waals surface area contributed by atoms with E-state index in [9.17, 15) is 0 Å². The monoisotopic (exact) mass is 380 g/mol. The van der Waals surface area contributed by atoms with Crippen molar-refractivity contribution in [1.82, 2.24) is 0 Å². The number of nitrogen functional groups attached to an aromatic ring is 2. The summed E-state index contributed by atoms with van der Waals surface area (Å²) in [4.78, 5) is 0. The van der Waals surface area contributed by atoms with E-state index in [1.54, 1.807) is 31.4 Å². The number of furan rings is 1. The van der Waals surface area contributed by atoms with Gasteiger partial charge in [0.1, 0.15) is 17.4 Å². The van der Waals surface area contributed by atoms with Gasteiger partial charge >= 0.3 is 0 Å². The van der Waals surface area contributed by atoms with Gasteiger partial charge in [0.15, 0.2) is 11.3 Å². The van der Waals surface area contributed by atoms with Crippen molar-refractivity contribution in [1.29, 1.82) is 10.8 Å². The fourth-order valence-corrected chi connectivity index (χ4v) is 2.38. The number of rotatable bonds is 4. The molecule has 1 aromatic heterocycles. The summed E-state index contributed by atoms with van der Waals surface area (Å²) in [6.07, 6.45) is 0. The van der Waals surface area contributed by atoms with E-state index in [1.807, 2.05) is 18.2 Å². The summed E-state index contributed by atoms with van der Waals surface area (Å²) >= 11 is 0. The fraction of sp³-hybridized carbons (Fsp3) is 0.0588. The lowest BCUT2D eigenvalue weighted by atomic mass is 10.1. The van der Waals surface area contributed by atoms with Crippen molar-refractivity contribution in [3.63, 3.8) is 0 Å². The van der Waals surface area contributed by atoms with Crippen molar-refractivity contribution < 1.29 is 9.15 Å². The van der Waals surface area contributed by atoms with Crippen molar-refractivity contribution >= 4 is 47.5 Å². The maximum atomic E-state index is 7.58. The summed E-state index contributed by atoms with van der Waals surface area (Å²) in [5.41, 5.74) is 13.7. The van der Waals surface area contributed by atoms with Gasteiger partial charge in [0.25, 0.3) is 0 Å². The third-order valence-electron chi connectivity index (χ3n) is 3.59. The molecule has 0 aliphatic rings. The number of nitrogens with two attached hydrogens (primary N) is 2. The molecule has 6 N–H and O–H groups in total. The van der Waals surface area contributed by atoms with Crippen LogP contribution >= 0.6 is 24.8 Å². The topological polar surface area (TPSA) is 122 Å². The number of hydrogen-bond acceptors (Lipinski definition) is 4. The van der Waals surface area contributed by atoms with Crippen LogP contribution in [0.5, 0.6) is 5.75 Å². The zero-order valence-electron chi connectivity index (χ0n) is 13.3. The predicted molar refractivity (Wildman–Crippen MR) is 105 cm³/mol. The maximum Gasteiger partial charge on any atom is 0.176 e. The first-order valence-corrected chi connectivity index (χ1v) is 6.90. The Bertz CT molecular complexity index is 920. The normalized spacial score (nSPS) is 9.80. The average Bonchev–Trinajstić information content (AvgIpc) is 2.97. The molecule has 0 atom stereocenters. The van der Waals surface area contributed by atoms with Crippen molar-refractivity contribution in [3.05, 3.63) is 53.6 Å². The number of amidine groups is 2. The quantitative estimate of drug-likeness (QED) is 0.408. The Morgan fingerprint density at radius 3 is 2.04 bits per heavy atom. The van der Waals surface area contributed by atoms with Crippen molar-refractivity contribution in [3.8, 4) is 17.1 Å². The molecule has 0 saturated carbocycles. The second kappa shape index (κ2) is 7.92. The summed E-state index contributed by atoms with van der Waals surface area (Å²) in [6.45, 7) is 0. The highest BCUT2D eigenvalue weighted by Gasteiger charge is 2.13. The SMILES string of the molecule is COc1cc(C(=N)N)cc2cc(-c3ccc(C(=N)N)cc3)oc12.Cl.Cl. The van der Waals surface area contributed by atoms with Crippen LogP contribution < -0.4 is 16.2 Å². The fourth-order valence-electron chi connectivity index (χ4n) is 2.38. The van der Waals surface area contributed by atoms with E-state index < -0.39 is 0 Å². The van der Waals surface area contributed by atoms with Crippen LogP contribution in [0.4, 0.5) is 0 Å². The highest BCUT2D eigenvalue weighted by atomic mass is 35.5. The molecule has 0 radical (unpaired) electrons. The molecule has 0 aliphatic heterocycles. The molecule has 0 amide bonds. The van der Waals surface area contributed by atoms with E-state index in [0.717, 1.165) is 10.9 Å². The van der Waals surface area contributed by atoms with Crippen LogP contribution in [0.3, 0.4) is 0 Å². The van der Waals surface area contributed by atoms with Gasteiger partial charge in [-0.15, -0.1) is 24.8 Å². The predicted octanol–water partition coefficient (Wildman–Crippen LogP) is 3.52. The molecule has 3 rings (SSSR count). The minimum absolute atomic E-state index is 0. The van der Waals surface area contributed by atoms with Gasteiger partial charge in [-0.05, 0) is 18.2 Å². The molecule has 25 heavy (non-hydrogen) atoms. The Morgan fingerprint density at radius 2 is 1.52 bits per heavy atom. The zero-order chi connectivity index (χ0) is 16.6. The van der Waals surface area contributed by atoms with E-state index in [-0.39, 0.29) is 36.5 Å². The molecule has 0 bridgehead atoms. The Labute approximate surface area is 157 Å². The maximum absolute atomic E-state index is 7.58. The summed E-state index contributed by atoms with van der Waals surface area (Å²) < 4.78 is 11.2. The third-order valence-corrected chi connectivity index (χ3v) is 3.59. The van der Waals surface area contributed by atoms with Crippen LogP contribution in [0.2, 0.25) is 0 Å². The highest BCUT2D eigenvalue weighted by Crippen LogP contribution is 2.34. The lowest BCUT2D eigenvalue weighted by Crippen LogP contribution is -2.10. The molecule has 0 fully saturated rings. The summed E-state index contributed by atoms with van der Waals surface area (Å²) in [6, 6.07) is 12.5. The molecule has 0 aliphatic carbocycles. The minimum atomic E-state index is -0.0289. The largest absolute Gasteiger partial charge is 0.493 e. The van der Waals surface area contributed by atoms with Gasteiger partial charge in [-0.3, -0.25) is 10.8 Å². The third kappa shape index (κ3) is 3.87. The van der Waals surface area contributed by atoms with E-state index in [4.69, 9.17) is 31.4 Å². The first-order chi connectivity index (χ1) is 11.0. The van der Waals surface area contributed by atoms with Gasteiger partial charge in [0.05, 0.1) is 7.11 Å². The Kier molecular flexibility index (Phi) is 6.44. The lowest BCUT2D eigenvalue weighted by molar-refractivity contribution is 0.411. The summed E-state index contributed by atoms with van der Waals surface area (Å²) in [7, 11) is 1.54. The Hall–Kier alpha value is -2.70. The highest BCUT2D eigenvalue weighted by molar-refractivity contribution is 6.01. The van der Waals surface area contributed by atoms with Gasteiger partial charge in [0.2, 0.25) is 0 Å². The summed E-state index contributed by atoms with van der Waals surface area (Å²) in [5, 5.41) is 15.8. The number of nitrogens with one attached hydrogen (secondary N) is 2. The molecular formula is C17H18Cl2N4O2. The Morgan fingerprint density at radius 1 is 0.920 bits per heavy atom. The molecule has 2 aromatic carbocycles. The number of benzene rings is 2. The molecular weight excluding hydrogens is 363 g/mol. The van der Waals surface area contributed by atoms with Gasteiger partial charge in [-0.1, -0.05) is 24.3 Å². The molecule has 8 heteroatoms. The number of methoxy groups -OCH3 is 1. The van der Waals surface area contributed by atoms with E-state index in [1.165, 1.54) is 0 Å². The Balaban J connectivity index is 0.00000156. The van der Waals surface area contributed by atoms with E-state index in [2.05, 4.69) is 0 Å². The average molecular weight is 381 g/mol.